The van der Waals surface area contributed by atoms with Crippen molar-refractivity contribution in [3.05, 3.63) is 76.7 Å². The predicted molar refractivity (Wildman–Crippen MR) is 154 cm³/mol. The van der Waals surface area contributed by atoms with Crippen molar-refractivity contribution in [2.75, 3.05) is 49.3 Å². The summed E-state index contributed by atoms with van der Waals surface area (Å²) in [4.78, 5) is 25.2. The first-order valence-electron chi connectivity index (χ1n) is 12.3. The van der Waals surface area contributed by atoms with Crippen LogP contribution in [0, 0.1) is 0 Å². The molecular formula is C27H27N7O2S2. The van der Waals surface area contributed by atoms with E-state index in [-0.39, 0.29) is 5.91 Å². The molecule has 11 heteroatoms. The molecule has 1 saturated heterocycles. The lowest BCUT2D eigenvalue weighted by Gasteiger charge is -2.26. The second-order valence-corrected chi connectivity index (χ2v) is 10.8. The lowest BCUT2D eigenvalue weighted by Crippen LogP contribution is -2.35. The van der Waals surface area contributed by atoms with Gasteiger partial charge in [-0.05, 0) is 42.0 Å². The molecule has 38 heavy (non-hydrogen) atoms. The Bertz CT molecular complexity index is 1570. The Morgan fingerprint density at radius 2 is 1.95 bits per heavy atom. The number of nitrogens with one attached hydrogen (secondary N) is 3. The van der Waals surface area contributed by atoms with Gasteiger partial charge in [-0.25, -0.2) is 9.97 Å². The Morgan fingerprint density at radius 3 is 2.79 bits per heavy atom. The number of fused-ring (bicyclic) bond motifs is 1. The van der Waals surface area contributed by atoms with Crippen molar-refractivity contribution in [1.82, 2.24) is 19.3 Å². The Labute approximate surface area is 228 Å². The number of carbonyl (C=O) groups excluding carboxylic acids is 1. The molecule has 0 aliphatic carbocycles. The molecule has 0 unspecified atom stereocenters. The number of pyridine rings is 1. The number of carbonyl (C=O) groups is 1. The van der Waals surface area contributed by atoms with Crippen molar-refractivity contribution in [2.24, 2.45) is 0 Å². The van der Waals surface area contributed by atoms with E-state index in [0.29, 0.717) is 4.88 Å². The van der Waals surface area contributed by atoms with Crippen LogP contribution in [-0.2, 0) is 11.3 Å². The zero-order valence-corrected chi connectivity index (χ0v) is 22.4. The maximum atomic E-state index is 12.8. The number of aromatic nitrogens is 3. The predicted octanol–water partition coefficient (Wildman–Crippen LogP) is 5.39. The highest BCUT2D eigenvalue weighted by molar-refractivity contribution is 7.19. The van der Waals surface area contributed by atoms with E-state index in [4.69, 9.17) is 9.72 Å². The third-order valence-electron chi connectivity index (χ3n) is 6.36. The third kappa shape index (κ3) is 5.27. The van der Waals surface area contributed by atoms with Crippen molar-refractivity contribution in [3.63, 3.8) is 0 Å². The van der Waals surface area contributed by atoms with Crippen molar-refractivity contribution in [1.29, 1.82) is 0 Å². The van der Waals surface area contributed by atoms with Gasteiger partial charge in [0.2, 0.25) is 0 Å². The summed E-state index contributed by atoms with van der Waals surface area (Å²) in [5.41, 5.74) is 5.55. The summed E-state index contributed by atoms with van der Waals surface area (Å²) < 4.78 is 7.52. The average Bonchev–Trinajstić information content (AvgIpc) is 3.70. The van der Waals surface area contributed by atoms with E-state index in [1.165, 1.54) is 28.2 Å². The maximum absolute atomic E-state index is 12.8. The fourth-order valence-corrected chi connectivity index (χ4v) is 5.99. The topological polar surface area (TPSA) is 95.8 Å². The molecule has 5 aromatic rings. The van der Waals surface area contributed by atoms with Crippen molar-refractivity contribution >= 4 is 55.7 Å². The summed E-state index contributed by atoms with van der Waals surface area (Å²) >= 11 is 2.91. The van der Waals surface area contributed by atoms with E-state index >= 15 is 0 Å². The number of thiophene rings is 1. The van der Waals surface area contributed by atoms with Crippen LogP contribution in [0.4, 0.5) is 21.5 Å². The van der Waals surface area contributed by atoms with Crippen molar-refractivity contribution in [3.8, 4) is 11.4 Å². The second kappa shape index (κ2) is 10.9. The summed E-state index contributed by atoms with van der Waals surface area (Å²) in [6.07, 6.45) is 3.93. The first kappa shape index (κ1) is 24.6. The minimum absolute atomic E-state index is 0.149. The monoisotopic (exact) mass is 545 g/mol. The average molecular weight is 546 g/mol. The number of ether oxygens (including phenoxy) is 1. The number of benzene rings is 1. The van der Waals surface area contributed by atoms with Gasteiger partial charge in [0.05, 0.1) is 46.4 Å². The minimum atomic E-state index is -0.149. The standard InChI is InChI=1S/C27H27N7O2S2/c1-28-19-4-2-3-5-20(19)30-26(35)23-6-7-25(38-23)32-27-31-21(17-37-27)22-15-29-24-14-18(8-9-34(22)24)16-33-10-12-36-13-11-33/h2-9,14-15,17,28H,10-13,16H2,1H3,(H,30,35)(H,31,32). The summed E-state index contributed by atoms with van der Waals surface area (Å²) in [6, 6.07) is 15.6. The molecule has 1 aliphatic rings. The highest BCUT2D eigenvalue weighted by Crippen LogP contribution is 2.31. The molecule has 0 saturated carbocycles. The molecule has 6 rings (SSSR count). The van der Waals surface area contributed by atoms with Crippen LogP contribution in [0.3, 0.4) is 0 Å². The normalized spacial score (nSPS) is 14.0. The van der Waals surface area contributed by atoms with Crippen LogP contribution < -0.4 is 16.0 Å². The number of anilines is 4. The lowest BCUT2D eigenvalue weighted by atomic mass is 10.2. The van der Waals surface area contributed by atoms with E-state index in [1.807, 2.05) is 55.0 Å². The van der Waals surface area contributed by atoms with Gasteiger partial charge < -0.3 is 20.7 Å². The largest absolute Gasteiger partial charge is 0.386 e. The summed E-state index contributed by atoms with van der Waals surface area (Å²) in [5, 5.41) is 13.0. The van der Waals surface area contributed by atoms with E-state index in [0.717, 1.165) is 71.4 Å². The zero-order chi connectivity index (χ0) is 25.9. The van der Waals surface area contributed by atoms with Gasteiger partial charge in [-0.15, -0.1) is 22.7 Å². The number of para-hydroxylation sites is 2. The van der Waals surface area contributed by atoms with Crippen LogP contribution in [0.5, 0.6) is 0 Å². The molecule has 9 nitrogen and oxygen atoms in total. The van der Waals surface area contributed by atoms with Crippen molar-refractivity contribution in [2.45, 2.75) is 6.54 Å². The first-order chi connectivity index (χ1) is 18.7. The molecule has 3 N–H and O–H groups in total. The van der Waals surface area contributed by atoms with Gasteiger partial charge in [0.1, 0.15) is 11.3 Å². The number of morpholine rings is 1. The molecule has 0 bridgehead atoms. The fraction of sp³-hybridized carbons (Fsp3) is 0.222. The summed E-state index contributed by atoms with van der Waals surface area (Å²) in [6.45, 7) is 4.40. The van der Waals surface area contributed by atoms with Gasteiger partial charge in [0.25, 0.3) is 5.91 Å². The molecule has 0 radical (unpaired) electrons. The molecule has 4 aromatic heterocycles. The smallest absolute Gasteiger partial charge is 0.265 e. The number of nitrogens with zero attached hydrogens (tertiary/aromatic N) is 4. The molecule has 5 heterocycles. The van der Waals surface area contributed by atoms with Gasteiger partial charge in [-0.2, -0.15) is 0 Å². The molecule has 1 amide bonds. The summed E-state index contributed by atoms with van der Waals surface area (Å²) in [7, 11) is 1.83. The van der Waals surface area contributed by atoms with Crippen LogP contribution in [0.25, 0.3) is 17.0 Å². The Hall–Kier alpha value is -3.77. The highest BCUT2D eigenvalue weighted by atomic mass is 32.1. The van der Waals surface area contributed by atoms with Crippen LogP contribution in [0.15, 0.2) is 66.3 Å². The molecule has 0 atom stereocenters. The summed E-state index contributed by atoms with van der Waals surface area (Å²) in [5.74, 6) is -0.149. The van der Waals surface area contributed by atoms with Crippen LogP contribution >= 0.6 is 22.7 Å². The number of amides is 1. The van der Waals surface area contributed by atoms with Crippen LogP contribution in [0.2, 0.25) is 0 Å². The number of hydrogen-bond donors (Lipinski definition) is 3. The van der Waals surface area contributed by atoms with Gasteiger partial charge in [0, 0.05) is 38.3 Å². The third-order valence-corrected chi connectivity index (χ3v) is 8.12. The Kier molecular flexibility index (Phi) is 7.06. The quantitative estimate of drug-likeness (QED) is 0.241. The van der Waals surface area contributed by atoms with Crippen molar-refractivity contribution < 1.29 is 9.53 Å². The van der Waals surface area contributed by atoms with Crippen LogP contribution in [-0.4, -0.2) is 58.5 Å². The minimum Gasteiger partial charge on any atom is -0.386 e. The SMILES string of the molecule is CNc1ccccc1NC(=O)c1ccc(Nc2nc(-c3cnc4cc(CN5CCOCC5)ccn34)cs2)s1. The highest BCUT2D eigenvalue weighted by Gasteiger charge is 2.15. The molecule has 1 aliphatic heterocycles. The molecule has 1 aromatic carbocycles. The molecule has 194 valence electrons. The fourth-order valence-electron chi connectivity index (χ4n) is 4.40. The Balaban J connectivity index is 1.13. The number of hydrogen-bond acceptors (Lipinski definition) is 9. The Morgan fingerprint density at radius 1 is 1.11 bits per heavy atom. The zero-order valence-electron chi connectivity index (χ0n) is 20.8. The second-order valence-electron chi connectivity index (χ2n) is 8.87. The van der Waals surface area contributed by atoms with Gasteiger partial charge >= 0.3 is 0 Å². The van der Waals surface area contributed by atoms with Gasteiger partial charge in [-0.1, -0.05) is 12.1 Å². The maximum Gasteiger partial charge on any atom is 0.265 e. The number of thiazole rings is 1. The van der Waals surface area contributed by atoms with E-state index < -0.39 is 0 Å². The molecule has 1 fully saturated rings. The van der Waals surface area contributed by atoms with E-state index in [9.17, 15) is 4.79 Å². The van der Waals surface area contributed by atoms with E-state index in [1.54, 1.807) is 0 Å². The molecule has 0 spiro atoms. The first-order valence-corrected chi connectivity index (χ1v) is 14.0. The number of imidazole rings is 1. The number of rotatable bonds is 8. The van der Waals surface area contributed by atoms with Crippen LogP contribution in [0.1, 0.15) is 15.2 Å². The van der Waals surface area contributed by atoms with Gasteiger partial charge in [0.15, 0.2) is 5.13 Å². The molecular weight excluding hydrogens is 518 g/mol. The van der Waals surface area contributed by atoms with E-state index in [2.05, 4.69) is 48.6 Å². The van der Waals surface area contributed by atoms with Gasteiger partial charge in [-0.3, -0.25) is 14.1 Å². The lowest BCUT2D eigenvalue weighted by molar-refractivity contribution is 0.0342.